The molecule has 158 valence electrons. The zero-order chi connectivity index (χ0) is 22.3. The molecule has 0 saturated heterocycles. The van der Waals surface area contributed by atoms with E-state index in [1.807, 2.05) is 5.32 Å². The molecule has 3 aromatic rings. The van der Waals surface area contributed by atoms with Gasteiger partial charge >= 0.3 is 12.4 Å². The molecule has 5 nitrogen and oxygen atoms in total. The van der Waals surface area contributed by atoms with Crippen LogP contribution in [0.5, 0.6) is 0 Å². The topological polar surface area (TPSA) is 59.8 Å². The maximum atomic E-state index is 13.8. The predicted octanol–water partition coefficient (Wildman–Crippen LogP) is 5.43. The van der Waals surface area contributed by atoms with E-state index < -0.39 is 40.9 Å². The van der Waals surface area contributed by atoms with E-state index in [-0.39, 0.29) is 16.3 Å². The summed E-state index contributed by atoms with van der Waals surface area (Å²) in [6, 6.07) is 7.16. The molecule has 3 rings (SSSR count). The van der Waals surface area contributed by atoms with Gasteiger partial charge in [0.25, 0.3) is 5.91 Å². The summed E-state index contributed by atoms with van der Waals surface area (Å²) < 4.78 is 80.5. The molecule has 30 heavy (non-hydrogen) atoms. The van der Waals surface area contributed by atoms with Crippen molar-refractivity contribution < 1.29 is 31.1 Å². The first-order chi connectivity index (χ1) is 13.9. The Balaban J connectivity index is 2.08. The first kappa shape index (κ1) is 21.6. The molecule has 1 N–H and O–H groups in total. The van der Waals surface area contributed by atoms with Gasteiger partial charge in [-0.2, -0.15) is 31.4 Å². The summed E-state index contributed by atoms with van der Waals surface area (Å²) in [5, 5.41) is 5.80. The minimum absolute atomic E-state index is 0.0167. The molecule has 0 fully saturated rings. The summed E-state index contributed by atoms with van der Waals surface area (Å²) in [5.41, 5.74) is -4.56. The Morgan fingerprint density at radius 1 is 1.07 bits per heavy atom. The molecular formula is C18H11ClF6N4O. The van der Waals surface area contributed by atoms with Crippen LogP contribution in [-0.2, 0) is 19.4 Å². The number of amides is 1. The molecule has 0 aliphatic heterocycles. The van der Waals surface area contributed by atoms with Crippen LogP contribution in [0.2, 0.25) is 5.02 Å². The molecule has 0 aliphatic carbocycles. The second-order valence-electron chi connectivity index (χ2n) is 6.06. The number of hydrogen-bond donors (Lipinski definition) is 1. The van der Waals surface area contributed by atoms with Crippen molar-refractivity contribution in [1.29, 1.82) is 0 Å². The summed E-state index contributed by atoms with van der Waals surface area (Å²) in [4.78, 5) is 15.7. The highest BCUT2D eigenvalue weighted by atomic mass is 35.5. The van der Waals surface area contributed by atoms with Crippen LogP contribution in [0.1, 0.15) is 21.7 Å². The second-order valence-corrected chi connectivity index (χ2v) is 6.46. The van der Waals surface area contributed by atoms with E-state index in [0.717, 1.165) is 19.3 Å². The lowest BCUT2D eigenvalue weighted by molar-refractivity contribution is -0.141. The van der Waals surface area contributed by atoms with Gasteiger partial charge in [0.15, 0.2) is 0 Å². The standard InChI is InChI=1S/C18H11ClF6N4O/c1-29-15(16(30)27-9-6-7-26-12(8-9)17(20,21)22)13(18(23,24)25)14(28-29)10-4-2-3-5-11(10)19/h2-8H,1H3,(H,26,27,30). The van der Waals surface area contributed by atoms with E-state index in [1.54, 1.807) is 0 Å². The Labute approximate surface area is 170 Å². The molecule has 12 heteroatoms. The van der Waals surface area contributed by atoms with Crippen molar-refractivity contribution in [2.75, 3.05) is 5.32 Å². The molecule has 1 aromatic carbocycles. The lowest BCUT2D eigenvalue weighted by Gasteiger charge is -2.12. The minimum Gasteiger partial charge on any atom is -0.321 e. The Hall–Kier alpha value is -3.08. The average Bonchev–Trinajstić information content (AvgIpc) is 2.99. The van der Waals surface area contributed by atoms with Gasteiger partial charge < -0.3 is 5.32 Å². The van der Waals surface area contributed by atoms with Crippen molar-refractivity contribution in [2.45, 2.75) is 12.4 Å². The van der Waals surface area contributed by atoms with Gasteiger partial charge in [0.1, 0.15) is 22.6 Å². The number of halogens is 7. The van der Waals surface area contributed by atoms with Gasteiger partial charge in [0.2, 0.25) is 0 Å². The third-order valence-electron chi connectivity index (χ3n) is 3.98. The molecule has 0 saturated carbocycles. The second kappa shape index (κ2) is 7.63. The van der Waals surface area contributed by atoms with Crippen molar-refractivity contribution in [2.24, 2.45) is 7.05 Å². The number of carbonyl (C=O) groups is 1. The van der Waals surface area contributed by atoms with E-state index in [4.69, 9.17) is 11.6 Å². The quantitative estimate of drug-likeness (QED) is 0.544. The molecule has 2 heterocycles. The Bertz CT molecular complexity index is 1110. The molecular weight excluding hydrogens is 438 g/mol. The smallest absolute Gasteiger partial charge is 0.321 e. The number of aromatic nitrogens is 3. The highest BCUT2D eigenvalue weighted by molar-refractivity contribution is 6.33. The van der Waals surface area contributed by atoms with Crippen LogP contribution in [-0.4, -0.2) is 20.7 Å². The fourth-order valence-corrected chi connectivity index (χ4v) is 2.97. The van der Waals surface area contributed by atoms with Gasteiger partial charge in [-0.05, 0) is 18.2 Å². The van der Waals surface area contributed by atoms with Crippen LogP contribution in [0.25, 0.3) is 11.3 Å². The molecule has 0 spiro atoms. The lowest BCUT2D eigenvalue weighted by atomic mass is 10.0. The van der Waals surface area contributed by atoms with Crippen LogP contribution in [0.15, 0.2) is 42.6 Å². The highest BCUT2D eigenvalue weighted by Crippen LogP contribution is 2.41. The molecule has 0 aliphatic rings. The maximum Gasteiger partial charge on any atom is 0.433 e. The Kier molecular flexibility index (Phi) is 5.50. The zero-order valence-electron chi connectivity index (χ0n) is 14.9. The molecule has 2 aromatic heterocycles. The van der Waals surface area contributed by atoms with Crippen molar-refractivity contribution in [3.05, 3.63) is 64.6 Å². The largest absolute Gasteiger partial charge is 0.433 e. The monoisotopic (exact) mass is 448 g/mol. The van der Waals surface area contributed by atoms with Crippen molar-refractivity contribution >= 4 is 23.2 Å². The van der Waals surface area contributed by atoms with E-state index in [2.05, 4.69) is 10.1 Å². The number of rotatable bonds is 3. The number of benzene rings is 1. The van der Waals surface area contributed by atoms with Crippen molar-refractivity contribution in [1.82, 2.24) is 14.8 Å². The van der Waals surface area contributed by atoms with Crippen LogP contribution < -0.4 is 5.32 Å². The maximum absolute atomic E-state index is 13.8. The average molecular weight is 449 g/mol. The van der Waals surface area contributed by atoms with Crippen LogP contribution in [0, 0.1) is 0 Å². The molecule has 0 atom stereocenters. The zero-order valence-corrected chi connectivity index (χ0v) is 15.7. The van der Waals surface area contributed by atoms with Gasteiger partial charge in [-0.3, -0.25) is 14.5 Å². The van der Waals surface area contributed by atoms with Crippen molar-refractivity contribution in [3.63, 3.8) is 0 Å². The summed E-state index contributed by atoms with van der Waals surface area (Å²) in [5.74, 6) is -1.30. The summed E-state index contributed by atoms with van der Waals surface area (Å²) >= 11 is 5.98. The molecule has 0 radical (unpaired) electrons. The normalized spacial score (nSPS) is 12.1. The number of nitrogens with zero attached hydrogens (tertiary/aromatic N) is 3. The molecule has 0 unspecified atom stereocenters. The Morgan fingerprint density at radius 2 is 1.73 bits per heavy atom. The van der Waals surface area contributed by atoms with E-state index in [1.165, 1.54) is 24.3 Å². The predicted molar refractivity (Wildman–Crippen MR) is 95.8 cm³/mol. The van der Waals surface area contributed by atoms with E-state index in [9.17, 15) is 31.1 Å². The first-order valence-corrected chi connectivity index (χ1v) is 8.51. The fourth-order valence-electron chi connectivity index (χ4n) is 2.75. The Morgan fingerprint density at radius 3 is 2.33 bits per heavy atom. The molecule has 0 bridgehead atoms. The van der Waals surface area contributed by atoms with Gasteiger partial charge in [-0.25, -0.2) is 0 Å². The van der Waals surface area contributed by atoms with Crippen LogP contribution in [0.4, 0.5) is 32.0 Å². The number of aryl methyl sites for hydroxylation is 1. The third-order valence-corrected chi connectivity index (χ3v) is 4.31. The van der Waals surface area contributed by atoms with E-state index in [0.29, 0.717) is 10.7 Å². The third kappa shape index (κ3) is 4.25. The number of carbonyl (C=O) groups excluding carboxylic acids is 1. The van der Waals surface area contributed by atoms with Gasteiger partial charge in [-0.15, -0.1) is 0 Å². The highest BCUT2D eigenvalue weighted by Gasteiger charge is 2.42. The lowest BCUT2D eigenvalue weighted by Crippen LogP contribution is -2.21. The first-order valence-electron chi connectivity index (χ1n) is 8.13. The van der Waals surface area contributed by atoms with Gasteiger partial charge in [-0.1, -0.05) is 29.8 Å². The van der Waals surface area contributed by atoms with Crippen molar-refractivity contribution in [3.8, 4) is 11.3 Å². The summed E-state index contributed by atoms with van der Waals surface area (Å²) in [6.45, 7) is 0. The fraction of sp³-hybridized carbons (Fsp3) is 0.167. The minimum atomic E-state index is -5.00. The number of pyridine rings is 1. The van der Waals surface area contributed by atoms with Crippen LogP contribution >= 0.6 is 11.6 Å². The SMILES string of the molecule is Cn1nc(-c2ccccc2Cl)c(C(F)(F)F)c1C(=O)Nc1ccnc(C(F)(F)F)c1. The number of nitrogens with one attached hydrogen (secondary N) is 1. The summed E-state index contributed by atoms with van der Waals surface area (Å²) in [7, 11) is 1.11. The number of anilines is 1. The van der Waals surface area contributed by atoms with Crippen LogP contribution in [0.3, 0.4) is 0 Å². The summed E-state index contributed by atoms with van der Waals surface area (Å²) in [6.07, 6.45) is -9.01. The van der Waals surface area contributed by atoms with Gasteiger partial charge in [0, 0.05) is 24.5 Å². The number of alkyl halides is 6. The molecule has 1 amide bonds. The number of hydrogen-bond acceptors (Lipinski definition) is 3. The van der Waals surface area contributed by atoms with E-state index >= 15 is 0 Å². The van der Waals surface area contributed by atoms with Gasteiger partial charge in [0.05, 0.1) is 5.02 Å².